The van der Waals surface area contributed by atoms with Gasteiger partial charge in [-0.15, -0.1) is 0 Å². The largest absolute Gasteiger partial charge is 0.356 e. The molecule has 0 radical (unpaired) electrons. The Bertz CT molecular complexity index is 305. The summed E-state index contributed by atoms with van der Waals surface area (Å²) in [6.45, 7) is 2.64. The quantitative estimate of drug-likeness (QED) is 0.621. The summed E-state index contributed by atoms with van der Waals surface area (Å²) in [6, 6.07) is 0. The summed E-state index contributed by atoms with van der Waals surface area (Å²) in [5.74, 6) is 0.693. The van der Waals surface area contributed by atoms with Crippen molar-refractivity contribution in [1.29, 1.82) is 0 Å². The fraction of sp³-hybridized carbons (Fsp3) is 0.600. The van der Waals surface area contributed by atoms with Crippen LogP contribution in [0.2, 0.25) is 0 Å². The molecule has 5 nitrogen and oxygen atoms in total. The van der Waals surface area contributed by atoms with Gasteiger partial charge in [-0.3, -0.25) is 4.79 Å². The molecule has 1 aromatic rings. The van der Waals surface area contributed by atoms with E-state index in [1.165, 1.54) is 0 Å². The van der Waals surface area contributed by atoms with Crippen molar-refractivity contribution in [3.63, 3.8) is 0 Å². The average molecular weight is 208 g/mol. The highest BCUT2D eigenvalue weighted by molar-refractivity contribution is 5.76. The first-order valence-electron chi connectivity index (χ1n) is 5.29. The molecular formula is C10H16N4O. The lowest BCUT2D eigenvalue weighted by Gasteiger charge is -2.26. The Morgan fingerprint density at radius 1 is 1.60 bits per heavy atom. The van der Waals surface area contributed by atoms with Crippen molar-refractivity contribution in [1.82, 2.24) is 20.6 Å². The van der Waals surface area contributed by atoms with E-state index in [-0.39, 0.29) is 5.91 Å². The van der Waals surface area contributed by atoms with E-state index in [2.05, 4.69) is 20.6 Å². The van der Waals surface area contributed by atoms with Gasteiger partial charge in [-0.1, -0.05) is 0 Å². The van der Waals surface area contributed by atoms with Crippen molar-refractivity contribution in [2.24, 2.45) is 5.92 Å². The van der Waals surface area contributed by atoms with Crippen molar-refractivity contribution in [3.05, 3.63) is 18.2 Å². The Balaban J connectivity index is 1.58. The van der Waals surface area contributed by atoms with Crippen LogP contribution in [-0.2, 0) is 11.2 Å². The molecule has 1 aromatic heterocycles. The number of hydrogen-bond donors (Lipinski definition) is 3. The number of rotatable bonds is 5. The third-order valence-corrected chi connectivity index (χ3v) is 2.61. The molecular weight excluding hydrogens is 192 g/mol. The second-order valence-corrected chi connectivity index (χ2v) is 3.91. The van der Waals surface area contributed by atoms with Gasteiger partial charge in [-0.05, 0) is 19.0 Å². The van der Waals surface area contributed by atoms with E-state index in [4.69, 9.17) is 0 Å². The van der Waals surface area contributed by atoms with Crippen LogP contribution in [0.3, 0.4) is 0 Å². The molecule has 0 aromatic carbocycles. The first kappa shape index (κ1) is 10.2. The van der Waals surface area contributed by atoms with Gasteiger partial charge in [0.1, 0.15) is 0 Å². The number of amides is 1. The molecule has 0 aliphatic carbocycles. The van der Waals surface area contributed by atoms with E-state index in [0.717, 1.165) is 25.2 Å². The van der Waals surface area contributed by atoms with Gasteiger partial charge >= 0.3 is 0 Å². The minimum absolute atomic E-state index is 0.154. The van der Waals surface area contributed by atoms with E-state index in [0.29, 0.717) is 18.9 Å². The van der Waals surface area contributed by atoms with Crippen molar-refractivity contribution in [3.8, 4) is 0 Å². The van der Waals surface area contributed by atoms with Crippen LogP contribution in [0.5, 0.6) is 0 Å². The number of imidazole rings is 1. The predicted octanol–water partition coefficient (Wildman–Crippen LogP) is -0.322. The molecule has 0 bridgehead atoms. The summed E-state index contributed by atoms with van der Waals surface area (Å²) in [5, 5.41) is 6.06. The third kappa shape index (κ3) is 3.06. The highest BCUT2D eigenvalue weighted by Gasteiger charge is 2.19. The van der Waals surface area contributed by atoms with Crippen LogP contribution in [0.15, 0.2) is 12.5 Å². The van der Waals surface area contributed by atoms with Gasteiger partial charge in [-0.25, -0.2) is 4.98 Å². The summed E-state index contributed by atoms with van der Waals surface area (Å²) in [6.07, 6.45) is 4.89. The molecule has 0 atom stereocenters. The third-order valence-electron chi connectivity index (χ3n) is 2.61. The van der Waals surface area contributed by atoms with Gasteiger partial charge in [-0.2, -0.15) is 0 Å². The molecule has 1 saturated heterocycles. The Morgan fingerprint density at radius 2 is 2.47 bits per heavy atom. The minimum atomic E-state index is 0.154. The van der Waals surface area contributed by atoms with E-state index in [9.17, 15) is 4.79 Å². The van der Waals surface area contributed by atoms with Gasteiger partial charge in [0, 0.05) is 31.3 Å². The van der Waals surface area contributed by atoms with Gasteiger partial charge in [0.25, 0.3) is 0 Å². The topological polar surface area (TPSA) is 69.8 Å². The second-order valence-electron chi connectivity index (χ2n) is 3.91. The molecule has 2 heterocycles. The van der Waals surface area contributed by atoms with Crippen LogP contribution >= 0.6 is 0 Å². The van der Waals surface area contributed by atoms with Gasteiger partial charge in [0.15, 0.2) is 0 Å². The molecule has 2 rings (SSSR count). The molecule has 1 aliphatic rings. The molecule has 0 saturated carbocycles. The predicted molar refractivity (Wildman–Crippen MR) is 56.3 cm³/mol. The SMILES string of the molecule is O=C(CC1CNC1)NCCc1cnc[nH]1. The van der Waals surface area contributed by atoms with Crippen molar-refractivity contribution in [2.45, 2.75) is 12.8 Å². The second kappa shape index (κ2) is 4.93. The normalized spacial score (nSPS) is 16.0. The van der Waals surface area contributed by atoms with E-state index in [1.54, 1.807) is 12.5 Å². The number of H-pyrrole nitrogens is 1. The summed E-state index contributed by atoms with van der Waals surface area (Å²) in [4.78, 5) is 18.3. The summed E-state index contributed by atoms with van der Waals surface area (Å²) in [5.41, 5.74) is 1.06. The summed E-state index contributed by atoms with van der Waals surface area (Å²) in [7, 11) is 0. The maximum Gasteiger partial charge on any atom is 0.220 e. The monoisotopic (exact) mass is 208 g/mol. The lowest BCUT2D eigenvalue weighted by atomic mass is 9.99. The smallest absolute Gasteiger partial charge is 0.220 e. The van der Waals surface area contributed by atoms with Crippen molar-refractivity contribution in [2.75, 3.05) is 19.6 Å². The van der Waals surface area contributed by atoms with Crippen LogP contribution in [0.4, 0.5) is 0 Å². The molecule has 82 valence electrons. The number of hydrogen-bond acceptors (Lipinski definition) is 3. The number of nitrogens with zero attached hydrogens (tertiary/aromatic N) is 1. The average Bonchev–Trinajstić information content (AvgIpc) is 2.64. The number of carbonyl (C=O) groups excluding carboxylic acids is 1. The summed E-state index contributed by atoms with van der Waals surface area (Å²) >= 11 is 0. The molecule has 5 heteroatoms. The maximum absolute atomic E-state index is 11.4. The molecule has 15 heavy (non-hydrogen) atoms. The maximum atomic E-state index is 11.4. The molecule has 1 amide bonds. The number of aromatic amines is 1. The fourth-order valence-corrected chi connectivity index (χ4v) is 1.59. The molecule has 1 aliphatic heterocycles. The molecule has 0 unspecified atom stereocenters. The van der Waals surface area contributed by atoms with E-state index in [1.807, 2.05) is 0 Å². The highest BCUT2D eigenvalue weighted by Crippen LogP contribution is 2.07. The first-order valence-corrected chi connectivity index (χ1v) is 5.29. The minimum Gasteiger partial charge on any atom is -0.356 e. The van der Waals surface area contributed by atoms with Gasteiger partial charge < -0.3 is 15.6 Å². The van der Waals surface area contributed by atoms with Crippen LogP contribution in [0.1, 0.15) is 12.1 Å². The highest BCUT2D eigenvalue weighted by atomic mass is 16.1. The van der Waals surface area contributed by atoms with Crippen LogP contribution in [0, 0.1) is 5.92 Å². The van der Waals surface area contributed by atoms with Gasteiger partial charge in [0.05, 0.1) is 6.33 Å². The number of aromatic nitrogens is 2. The zero-order chi connectivity index (χ0) is 10.5. The zero-order valence-electron chi connectivity index (χ0n) is 8.62. The fourth-order valence-electron chi connectivity index (χ4n) is 1.59. The number of nitrogens with one attached hydrogen (secondary N) is 3. The van der Waals surface area contributed by atoms with E-state index >= 15 is 0 Å². The summed E-state index contributed by atoms with van der Waals surface area (Å²) < 4.78 is 0. The Morgan fingerprint density at radius 3 is 3.07 bits per heavy atom. The number of carbonyl (C=O) groups is 1. The lowest BCUT2D eigenvalue weighted by molar-refractivity contribution is -0.122. The van der Waals surface area contributed by atoms with Crippen LogP contribution in [-0.4, -0.2) is 35.5 Å². The Kier molecular flexibility index (Phi) is 3.34. The Hall–Kier alpha value is -1.36. The van der Waals surface area contributed by atoms with E-state index < -0.39 is 0 Å². The van der Waals surface area contributed by atoms with Crippen LogP contribution < -0.4 is 10.6 Å². The Labute approximate surface area is 88.7 Å². The molecule has 1 fully saturated rings. The molecule has 3 N–H and O–H groups in total. The lowest BCUT2D eigenvalue weighted by Crippen LogP contribution is -2.44. The standard InChI is InChI=1S/C10H16N4O/c15-10(3-8-4-11-5-8)13-2-1-9-6-12-7-14-9/h6-8,11H,1-5H2,(H,12,14)(H,13,15). The molecule has 0 spiro atoms. The van der Waals surface area contributed by atoms with Crippen LogP contribution in [0.25, 0.3) is 0 Å². The van der Waals surface area contributed by atoms with Crippen molar-refractivity contribution < 1.29 is 4.79 Å². The zero-order valence-corrected chi connectivity index (χ0v) is 8.62. The van der Waals surface area contributed by atoms with Crippen molar-refractivity contribution >= 4 is 5.91 Å². The van der Waals surface area contributed by atoms with Gasteiger partial charge in [0.2, 0.25) is 5.91 Å². The first-order chi connectivity index (χ1) is 7.34.